The summed E-state index contributed by atoms with van der Waals surface area (Å²) in [7, 11) is 2.83. The van der Waals surface area contributed by atoms with Crippen LogP contribution in [-0.2, 0) is 13.2 Å². The highest BCUT2D eigenvalue weighted by Crippen LogP contribution is 2.31. The summed E-state index contributed by atoms with van der Waals surface area (Å²) in [5.74, 6) is 0.404. The van der Waals surface area contributed by atoms with E-state index in [-0.39, 0.29) is 30.9 Å². The average Bonchev–Trinajstić information content (AvgIpc) is 2.95. The van der Waals surface area contributed by atoms with Gasteiger partial charge in [-0.15, -0.1) is 0 Å². The largest absolute Gasteiger partial charge is 0.480 e. The fourth-order valence-electron chi connectivity index (χ4n) is 3.87. The number of nitrogens with zero attached hydrogens (tertiary/aromatic N) is 2. The molecule has 0 unspecified atom stereocenters. The lowest BCUT2D eigenvalue weighted by atomic mass is 9.95. The number of carbonyl (C=O) groups is 2. The van der Waals surface area contributed by atoms with Gasteiger partial charge in [-0.2, -0.15) is 9.97 Å². The van der Waals surface area contributed by atoms with Crippen molar-refractivity contribution >= 4 is 12.6 Å². The molecule has 0 aliphatic heterocycles. The molecule has 0 atom stereocenters. The quantitative estimate of drug-likeness (QED) is 0.245. The first kappa shape index (κ1) is 26.3. The smallest absolute Gasteiger partial charge is 0.227 e. The van der Waals surface area contributed by atoms with Crippen molar-refractivity contribution in [1.82, 2.24) is 9.97 Å². The number of ether oxygens (including phenoxy) is 4. The summed E-state index contributed by atoms with van der Waals surface area (Å²) in [6, 6.07) is 16.9. The lowest BCUT2D eigenvalue weighted by Gasteiger charge is -2.15. The summed E-state index contributed by atoms with van der Waals surface area (Å²) in [4.78, 5) is 30.5. The number of halogens is 1. The molecule has 194 valence electrons. The fraction of sp³-hybridized carbons (Fsp3) is 0.172. The zero-order valence-corrected chi connectivity index (χ0v) is 21.1. The zero-order chi connectivity index (χ0) is 27.1. The van der Waals surface area contributed by atoms with Crippen LogP contribution in [0.1, 0.15) is 37.4 Å². The third-order valence-electron chi connectivity index (χ3n) is 5.93. The second-order valence-electron chi connectivity index (χ2n) is 8.18. The van der Waals surface area contributed by atoms with E-state index < -0.39 is 5.82 Å². The molecule has 0 saturated carbocycles. The lowest BCUT2D eigenvalue weighted by molar-refractivity contribution is 0.111. The van der Waals surface area contributed by atoms with E-state index >= 15 is 4.39 Å². The predicted octanol–water partition coefficient (Wildman–Crippen LogP) is 5.39. The highest BCUT2D eigenvalue weighted by atomic mass is 19.1. The maximum Gasteiger partial charge on any atom is 0.227 e. The van der Waals surface area contributed by atoms with Crippen LogP contribution in [0.5, 0.6) is 23.5 Å². The standard InChI is InChI=1S/C29H25FN2O6/c1-18-21(16-37-25-12-10-19(14-33)28(31-25)35-2)6-4-8-23(18)24-9-5-7-22(27(24)30)17-38-26-13-11-20(15-34)29(32-26)36-3/h4-15H,16-17H2,1-3H3. The maximum absolute atomic E-state index is 15.6. The number of rotatable bonds is 11. The summed E-state index contributed by atoms with van der Waals surface area (Å²) in [6.07, 6.45) is 1.30. The normalized spacial score (nSPS) is 10.5. The Morgan fingerprint density at radius 1 is 0.711 bits per heavy atom. The van der Waals surface area contributed by atoms with Gasteiger partial charge in [0.1, 0.15) is 19.0 Å². The fourth-order valence-corrected chi connectivity index (χ4v) is 3.87. The molecule has 0 bridgehead atoms. The highest BCUT2D eigenvalue weighted by molar-refractivity contribution is 5.78. The second kappa shape index (κ2) is 12.0. The second-order valence-corrected chi connectivity index (χ2v) is 8.18. The molecule has 0 spiro atoms. The van der Waals surface area contributed by atoms with E-state index in [0.717, 1.165) is 11.1 Å². The van der Waals surface area contributed by atoms with Crippen molar-refractivity contribution in [3.8, 4) is 34.6 Å². The molecule has 38 heavy (non-hydrogen) atoms. The number of pyridine rings is 2. The molecule has 0 saturated heterocycles. The van der Waals surface area contributed by atoms with Crippen LogP contribution in [0.25, 0.3) is 11.1 Å². The van der Waals surface area contributed by atoms with Gasteiger partial charge in [-0.1, -0.05) is 36.4 Å². The van der Waals surface area contributed by atoms with Gasteiger partial charge in [0.25, 0.3) is 0 Å². The van der Waals surface area contributed by atoms with Crippen LogP contribution in [0.2, 0.25) is 0 Å². The Kier molecular flexibility index (Phi) is 8.27. The number of benzene rings is 2. The first-order valence-electron chi connectivity index (χ1n) is 11.6. The van der Waals surface area contributed by atoms with E-state index in [1.54, 1.807) is 30.3 Å². The Labute approximate surface area is 219 Å². The maximum atomic E-state index is 15.6. The van der Waals surface area contributed by atoms with Gasteiger partial charge in [0, 0.05) is 23.3 Å². The van der Waals surface area contributed by atoms with Gasteiger partial charge in [0.2, 0.25) is 23.5 Å². The first-order chi connectivity index (χ1) is 18.5. The van der Waals surface area contributed by atoms with Crippen molar-refractivity contribution in [3.63, 3.8) is 0 Å². The third kappa shape index (κ3) is 5.62. The third-order valence-corrected chi connectivity index (χ3v) is 5.93. The number of hydrogen-bond acceptors (Lipinski definition) is 8. The van der Waals surface area contributed by atoms with Gasteiger partial charge < -0.3 is 18.9 Å². The van der Waals surface area contributed by atoms with Crippen LogP contribution in [0.4, 0.5) is 4.39 Å². The number of aromatic nitrogens is 2. The summed E-state index contributed by atoms with van der Waals surface area (Å²) < 4.78 is 37.3. The summed E-state index contributed by atoms with van der Waals surface area (Å²) in [6.45, 7) is 2.01. The van der Waals surface area contributed by atoms with Crippen molar-refractivity contribution in [1.29, 1.82) is 0 Å². The topological polar surface area (TPSA) is 96.8 Å². The molecule has 0 aliphatic carbocycles. The van der Waals surface area contributed by atoms with Crippen molar-refractivity contribution in [2.24, 2.45) is 0 Å². The van der Waals surface area contributed by atoms with Crippen molar-refractivity contribution in [2.45, 2.75) is 20.1 Å². The minimum absolute atomic E-state index is 0.0671. The number of carbonyl (C=O) groups excluding carboxylic acids is 2. The Hall–Kier alpha value is -4.79. The van der Waals surface area contributed by atoms with Crippen LogP contribution in [-0.4, -0.2) is 36.8 Å². The van der Waals surface area contributed by atoms with Crippen molar-refractivity contribution in [2.75, 3.05) is 14.2 Å². The molecule has 8 nitrogen and oxygen atoms in total. The van der Waals surface area contributed by atoms with E-state index in [1.165, 1.54) is 26.4 Å². The Balaban J connectivity index is 1.53. The molecule has 4 aromatic rings. The molecule has 0 aliphatic rings. The molecular formula is C29H25FN2O6. The van der Waals surface area contributed by atoms with Gasteiger partial charge in [0.05, 0.1) is 25.3 Å². The minimum Gasteiger partial charge on any atom is -0.480 e. The van der Waals surface area contributed by atoms with E-state index in [9.17, 15) is 9.59 Å². The van der Waals surface area contributed by atoms with Crippen LogP contribution in [0.3, 0.4) is 0 Å². The molecule has 2 aromatic heterocycles. The monoisotopic (exact) mass is 516 g/mol. The molecule has 2 heterocycles. The molecule has 4 rings (SSSR count). The van der Waals surface area contributed by atoms with E-state index in [0.29, 0.717) is 46.3 Å². The van der Waals surface area contributed by atoms with Crippen LogP contribution in [0, 0.1) is 12.7 Å². The Morgan fingerprint density at radius 3 is 1.74 bits per heavy atom. The van der Waals surface area contributed by atoms with Crippen LogP contribution >= 0.6 is 0 Å². The highest BCUT2D eigenvalue weighted by Gasteiger charge is 2.15. The molecule has 2 aromatic carbocycles. The van der Waals surface area contributed by atoms with Crippen LogP contribution in [0.15, 0.2) is 60.7 Å². The van der Waals surface area contributed by atoms with E-state index in [4.69, 9.17) is 18.9 Å². The number of methoxy groups -OCH3 is 2. The number of hydrogen-bond donors (Lipinski definition) is 0. The van der Waals surface area contributed by atoms with Crippen molar-refractivity contribution in [3.05, 3.63) is 94.3 Å². The van der Waals surface area contributed by atoms with Crippen LogP contribution < -0.4 is 18.9 Å². The average molecular weight is 517 g/mol. The van der Waals surface area contributed by atoms with Gasteiger partial charge in [-0.25, -0.2) is 4.39 Å². The Bertz CT molecular complexity index is 1360. The minimum atomic E-state index is -0.416. The summed E-state index contributed by atoms with van der Waals surface area (Å²) in [5.41, 5.74) is 3.78. The summed E-state index contributed by atoms with van der Waals surface area (Å²) in [5, 5.41) is 0. The molecule has 9 heteroatoms. The molecule has 0 radical (unpaired) electrons. The Morgan fingerprint density at radius 2 is 1.21 bits per heavy atom. The number of aldehydes is 2. The first-order valence-corrected chi connectivity index (χ1v) is 11.6. The lowest BCUT2D eigenvalue weighted by Crippen LogP contribution is -2.04. The molecule has 0 N–H and O–H groups in total. The molecular weight excluding hydrogens is 491 g/mol. The molecule has 0 fully saturated rings. The SMILES string of the molecule is COc1nc(OCc2cccc(-c3cccc(COc4ccc(C=O)c(OC)n4)c3F)c2C)ccc1C=O. The molecule has 0 amide bonds. The van der Waals surface area contributed by atoms with Gasteiger partial charge in [-0.05, 0) is 35.7 Å². The van der Waals surface area contributed by atoms with E-state index in [1.807, 2.05) is 25.1 Å². The van der Waals surface area contributed by atoms with Crippen molar-refractivity contribution < 1.29 is 32.9 Å². The summed E-state index contributed by atoms with van der Waals surface area (Å²) >= 11 is 0. The zero-order valence-electron chi connectivity index (χ0n) is 21.1. The van der Waals surface area contributed by atoms with E-state index in [2.05, 4.69) is 9.97 Å². The van der Waals surface area contributed by atoms with Gasteiger partial charge in [0.15, 0.2) is 12.6 Å². The van der Waals surface area contributed by atoms with Gasteiger partial charge >= 0.3 is 0 Å². The van der Waals surface area contributed by atoms with Gasteiger partial charge in [-0.3, -0.25) is 9.59 Å². The predicted molar refractivity (Wildman–Crippen MR) is 138 cm³/mol.